The van der Waals surface area contributed by atoms with E-state index < -0.39 is 10.0 Å². The first-order valence-corrected chi connectivity index (χ1v) is 8.21. The van der Waals surface area contributed by atoms with Gasteiger partial charge < -0.3 is 4.74 Å². The second-order valence-corrected chi connectivity index (χ2v) is 8.30. The Balaban J connectivity index is 2.60. The molecular formula is C10H14BrNO4S2. The van der Waals surface area contributed by atoms with E-state index in [1.54, 1.807) is 12.1 Å². The fourth-order valence-corrected chi connectivity index (χ4v) is 4.69. The molecule has 0 atom stereocenters. The van der Waals surface area contributed by atoms with E-state index in [1.165, 1.54) is 18.5 Å². The lowest BCUT2D eigenvalue weighted by Crippen LogP contribution is -2.27. The average Bonchev–Trinajstić information content (AvgIpc) is 2.76. The van der Waals surface area contributed by atoms with Crippen molar-refractivity contribution < 1.29 is 17.9 Å². The molecule has 0 saturated carbocycles. The monoisotopic (exact) mass is 355 g/mol. The summed E-state index contributed by atoms with van der Waals surface area (Å²) in [5, 5.41) is 0. The molecule has 5 nitrogen and oxygen atoms in total. The summed E-state index contributed by atoms with van der Waals surface area (Å²) in [5.74, 6) is -0.334. The number of nitrogens with zero attached hydrogens (tertiary/aromatic N) is 1. The zero-order chi connectivity index (χ0) is 13.8. The standard InChI is InChI=1S/C10H14BrNO4S2/c1-12(7-3-4-9(13)16-2)18(14,15)10-6-5-8(11)17-10/h5-6H,3-4,7H2,1-2H3. The number of methoxy groups -OCH3 is 1. The van der Waals surface area contributed by atoms with Crippen molar-refractivity contribution in [1.82, 2.24) is 4.31 Å². The predicted molar refractivity (Wildman–Crippen MR) is 73.1 cm³/mol. The molecule has 18 heavy (non-hydrogen) atoms. The number of rotatable bonds is 6. The lowest BCUT2D eigenvalue weighted by molar-refractivity contribution is -0.140. The number of carbonyl (C=O) groups is 1. The van der Waals surface area contributed by atoms with Gasteiger partial charge in [0.1, 0.15) is 4.21 Å². The van der Waals surface area contributed by atoms with E-state index in [0.717, 1.165) is 15.1 Å². The highest BCUT2D eigenvalue weighted by Crippen LogP contribution is 2.27. The van der Waals surface area contributed by atoms with Gasteiger partial charge in [0.2, 0.25) is 0 Å². The van der Waals surface area contributed by atoms with E-state index in [-0.39, 0.29) is 23.1 Å². The van der Waals surface area contributed by atoms with Crippen molar-refractivity contribution in [2.75, 3.05) is 20.7 Å². The number of ether oxygens (including phenoxy) is 1. The third-order valence-corrected chi connectivity index (χ3v) is 6.24. The summed E-state index contributed by atoms with van der Waals surface area (Å²) in [7, 11) is -0.641. The smallest absolute Gasteiger partial charge is 0.305 e. The predicted octanol–water partition coefficient (Wildman–Crippen LogP) is 2.08. The van der Waals surface area contributed by atoms with E-state index in [4.69, 9.17) is 0 Å². The lowest BCUT2D eigenvalue weighted by Gasteiger charge is -2.15. The summed E-state index contributed by atoms with van der Waals surface area (Å²) in [5.41, 5.74) is 0. The molecule has 0 aliphatic rings. The number of sulfonamides is 1. The van der Waals surface area contributed by atoms with Crippen molar-refractivity contribution in [3.05, 3.63) is 15.9 Å². The molecule has 0 saturated heterocycles. The number of carbonyl (C=O) groups excluding carboxylic acids is 1. The fourth-order valence-electron chi connectivity index (χ4n) is 1.26. The molecule has 0 aliphatic heterocycles. The Morgan fingerprint density at radius 1 is 1.50 bits per heavy atom. The van der Waals surface area contributed by atoms with Crippen molar-refractivity contribution in [3.63, 3.8) is 0 Å². The number of hydrogen-bond donors (Lipinski definition) is 0. The van der Waals surface area contributed by atoms with Crippen LogP contribution in [-0.2, 0) is 19.6 Å². The molecule has 0 radical (unpaired) electrons. The molecule has 8 heteroatoms. The summed E-state index contributed by atoms with van der Waals surface area (Å²) < 4.78 is 31.0. The van der Waals surface area contributed by atoms with Gasteiger partial charge in [0.15, 0.2) is 0 Å². The van der Waals surface area contributed by atoms with Gasteiger partial charge in [-0.1, -0.05) is 0 Å². The molecule has 1 aromatic heterocycles. The Labute approximate surface area is 119 Å². The van der Waals surface area contributed by atoms with Crippen LogP contribution >= 0.6 is 27.3 Å². The first kappa shape index (κ1) is 15.6. The summed E-state index contributed by atoms with van der Waals surface area (Å²) in [6.07, 6.45) is 0.652. The lowest BCUT2D eigenvalue weighted by atomic mass is 10.3. The maximum absolute atomic E-state index is 12.1. The van der Waals surface area contributed by atoms with E-state index in [0.29, 0.717) is 6.42 Å². The number of esters is 1. The molecule has 1 heterocycles. The Morgan fingerprint density at radius 3 is 2.67 bits per heavy atom. The largest absolute Gasteiger partial charge is 0.469 e. The second kappa shape index (κ2) is 6.65. The Bertz CT molecular complexity index is 512. The van der Waals surface area contributed by atoms with Crippen molar-refractivity contribution in [3.8, 4) is 0 Å². The first-order valence-electron chi connectivity index (χ1n) is 5.16. The molecule has 0 bridgehead atoms. The minimum Gasteiger partial charge on any atom is -0.469 e. The van der Waals surface area contributed by atoms with Crippen LogP contribution in [0, 0.1) is 0 Å². The second-order valence-electron chi connectivity index (χ2n) is 3.56. The van der Waals surface area contributed by atoms with Crippen molar-refractivity contribution in [1.29, 1.82) is 0 Å². The van der Waals surface area contributed by atoms with Crippen LogP contribution in [0.2, 0.25) is 0 Å². The Kier molecular flexibility index (Phi) is 5.77. The van der Waals surface area contributed by atoms with Crippen LogP contribution in [-0.4, -0.2) is 39.4 Å². The van der Waals surface area contributed by atoms with Crippen LogP contribution in [0.5, 0.6) is 0 Å². The molecule has 0 spiro atoms. The summed E-state index contributed by atoms with van der Waals surface area (Å²) in [6, 6.07) is 3.25. The molecule has 0 aromatic carbocycles. The van der Waals surface area contributed by atoms with Gasteiger partial charge >= 0.3 is 5.97 Å². The zero-order valence-corrected chi connectivity index (χ0v) is 13.3. The molecule has 0 N–H and O–H groups in total. The molecule has 1 aromatic rings. The number of halogens is 1. The van der Waals surface area contributed by atoms with Crippen LogP contribution < -0.4 is 0 Å². The summed E-state index contributed by atoms with van der Waals surface area (Å²) in [6.45, 7) is 0.285. The van der Waals surface area contributed by atoms with Crippen molar-refractivity contribution in [2.45, 2.75) is 17.1 Å². The van der Waals surface area contributed by atoms with Gasteiger partial charge in [-0.2, -0.15) is 0 Å². The highest BCUT2D eigenvalue weighted by molar-refractivity contribution is 9.11. The number of thiophene rings is 1. The zero-order valence-electron chi connectivity index (χ0n) is 10.1. The minimum absolute atomic E-state index is 0.213. The Morgan fingerprint density at radius 2 is 2.17 bits per heavy atom. The first-order chi connectivity index (χ1) is 8.37. The van der Waals surface area contributed by atoms with Gasteiger partial charge in [-0.25, -0.2) is 12.7 Å². The summed E-state index contributed by atoms with van der Waals surface area (Å²) >= 11 is 4.39. The molecule has 0 amide bonds. The maximum Gasteiger partial charge on any atom is 0.305 e. The number of hydrogen-bond acceptors (Lipinski definition) is 5. The van der Waals surface area contributed by atoms with E-state index in [2.05, 4.69) is 20.7 Å². The fraction of sp³-hybridized carbons (Fsp3) is 0.500. The van der Waals surface area contributed by atoms with Gasteiger partial charge in [-0.3, -0.25) is 4.79 Å². The van der Waals surface area contributed by atoms with Crippen LogP contribution in [0.1, 0.15) is 12.8 Å². The van der Waals surface area contributed by atoms with Crippen LogP contribution in [0.4, 0.5) is 0 Å². The molecule has 1 rings (SSSR count). The minimum atomic E-state index is -3.45. The average molecular weight is 356 g/mol. The van der Waals surface area contributed by atoms with Gasteiger partial charge in [0.25, 0.3) is 10.0 Å². The van der Waals surface area contributed by atoms with E-state index in [9.17, 15) is 13.2 Å². The summed E-state index contributed by atoms with van der Waals surface area (Å²) in [4.78, 5) is 10.9. The third-order valence-electron chi connectivity index (χ3n) is 2.29. The highest BCUT2D eigenvalue weighted by Gasteiger charge is 2.22. The molecular weight excluding hydrogens is 342 g/mol. The van der Waals surface area contributed by atoms with Crippen LogP contribution in [0.3, 0.4) is 0 Å². The van der Waals surface area contributed by atoms with Gasteiger partial charge in [0, 0.05) is 20.0 Å². The molecule has 0 unspecified atom stereocenters. The molecule has 102 valence electrons. The highest BCUT2D eigenvalue weighted by atomic mass is 79.9. The molecule has 0 aliphatic carbocycles. The van der Waals surface area contributed by atoms with E-state index in [1.807, 2.05) is 0 Å². The SMILES string of the molecule is COC(=O)CCCN(C)S(=O)(=O)c1ccc(Br)s1. The normalized spacial score (nSPS) is 11.8. The van der Waals surface area contributed by atoms with Crippen molar-refractivity contribution >= 4 is 43.3 Å². The molecule has 0 fully saturated rings. The van der Waals surface area contributed by atoms with Crippen molar-refractivity contribution in [2.24, 2.45) is 0 Å². The van der Waals surface area contributed by atoms with Gasteiger partial charge in [-0.15, -0.1) is 11.3 Å². The maximum atomic E-state index is 12.1. The quantitative estimate of drug-likeness (QED) is 0.732. The topological polar surface area (TPSA) is 63.7 Å². The van der Waals surface area contributed by atoms with Gasteiger partial charge in [0.05, 0.1) is 10.9 Å². The van der Waals surface area contributed by atoms with Crippen LogP contribution in [0.15, 0.2) is 20.1 Å². The van der Waals surface area contributed by atoms with Gasteiger partial charge in [-0.05, 0) is 34.5 Å². The Hall–Kier alpha value is -0.440. The third kappa shape index (κ3) is 4.04. The van der Waals surface area contributed by atoms with E-state index >= 15 is 0 Å². The van der Waals surface area contributed by atoms with Crippen LogP contribution in [0.25, 0.3) is 0 Å².